The quantitative estimate of drug-likeness (QED) is 0.841. The van der Waals surface area contributed by atoms with Gasteiger partial charge in [0.25, 0.3) is 5.91 Å². The first-order chi connectivity index (χ1) is 9.95. The van der Waals surface area contributed by atoms with Crippen LogP contribution in [-0.4, -0.2) is 30.0 Å². The van der Waals surface area contributed by atoms with E-state index in [1.807, 2.05) is 0 Å². The topological polar surface area (TPSA) is 71.2 Å². The highest BCUT2D eigenvalue weighted by molar-refractivity contribution is 6.00. The lowest BCUT2D eigenvalue weighted by Gasteiger charge is -2.29. The molecular formula is C16H24N2O3. The summed E-state index contributed by atoms with van der Waals surface area (Å²) < 4.78 is 4.77. The number of esters is 1. The van der Waals surface area contributed by atoms with Gasteiger partial charge in [0.15, 0.2) is 0 Å². The number of hydrogen-bond donors (Lipinski definition) is 2. The van der Waals surface area contributed by atoms with Gasteiger partial charge < -0.3 is 15.0 Å². The van der Waals surface area contributed by atoms with Crippen molar-refractivity contribution in [2.75, 3.05) is 7.11 Å². The number of H-pyrrole nitrogens is 1. The van der Waals surface area contributed by atoms with Gasteiger partial charge in [-0.15, -0.1) is 0 Å². The fraction of sp³-hybridized carbons (Fsp3) is 0.625. The molecule has 0 spiro atoms. The Morgan fingerprint density at radius 3 is 2.52 bits per heavy atom. The third kappa shape index (κ3) is 3.12. The summed E-state index contributed by atoms with van der Waals surface area (Å²) in [6.07, 6.45) is 4.57. The molecule has 21 heavy (non-hydrogen) atoms. The highest BCUT2D eigenvalue weighted by Gasteiger charge is 2.27. The van der Waals surface area contributed by atoms with Gasteiger partial charge in [-0.1, -0.05) is 19.8 Å². The van der Waals surface area contributed by atoms with Crippen molar-refractivity contribution in [3.63, 3.8) is 0 Å². The number of nitrogens with one attached hydrogen (secondary N) is 2. The van der Waals surface area contributed by atoms with Crippen molar-refractivity contribution in [1.29, 1.82) is 0 Å². The summed E-state index contributed by atoms with van der Waals surface area (Å²) in [5.74, 6) is -0.0463. The van der Waals surface area contributed by atoms with E-state index in [-0.39, 0.29) is 11.9 Å². The van der Waals surface area contributed by atoms with E-state index in [4.69, 9.17) is 4.74 Å². The molecule has 1 aliphatic rings. The maximum atomic E-state index is 12.5. The zero-order valence-electron chi connectivity index (χ0n) is 13.2. The zero-order chi connectivity index (χ0) is 15.6. The number of carbonyl (C=O) groups excluding carboxylic acids is 2. The van der Waals surface area contributed by atoms with Gasteiger partial charge in [0.05, 0.1) is 12.7 Å². The van der Waals surface area contributed by atoms with Gasteiger partial charge in [-0.25, -0.2) is 4.79 Å². The number of carbonyl (C=O) groups is 2. The molecule has 5 nitrogen and oxygen atoms in total. The van der Waals surface area contributed by atoms with Gasteiger partial charge in [-0.2, -0.15) is 0 Å². The van der Waals surface area contributed by atoms with Crippen LogP contribution < -0.4 is 5.32 Å². The molecule has 0 aliphatic heterocycles. The lowest BCUT2D eigenvalue weighted by molar-refractivity contribution is 0.0599. The van der Waals surface area contributed by atoms with Gasteiger partial charge in [-0.05, 0) is 38.2 Å². The summed E-state index contributed by atoms with van der Waals surface area (Å²) in [5.41, 5.74) is 2.24. The van der Waals surface area contributed by atoms with Crippen molar-refractivity contribution in [1.82, 2.24) is 10.3 Å². The minimum atomic E-state index is -0.411. The lowest BCUT2D eigenvalue weighted by Crippen LogP contribution is -2.41. The van der Waals surface area contributed by atoms with Gasteiger partial charge in [0, 0.05) is 11.7 Å². The predicted molar refractivity (Wildman–Crippen MR) is 80.5 cm³/mol. The average molecular weight is 292 g/mol. The monoisotopic (exact) mass is 292 g/mol. The second-order valence-electron chi connectivity index (χ2n) is 5.96. The average Bonchev–Trinajstić information content (AvgIpc) is 2.76. The third-order valence-corrected chi connectivity index (χ3v) is 4.48. The summed E-state index contributed by atoms with van der Waals surface area (Å²) in [7, 11) is 1.34. The predicted octanol–water partition coefficient (Wildman–Crippen LogP) is 2.73. The van der Waals surface area contributed by atoms with Crippen LogP contribution in [0.15, 0.2) is 0 Å². The number of aromatic amines is 1. The number of ether oxygens (including phenoxy) is 1. The Hall–Kier alpha value is -1.78. The Bertz CT molecular complexity index is 548. The molecule has 1 heterocycles. The van der Waals surface area contributed by atoms with E-state index in [2.05, 4.69) is 17.2 Å². The van der Waals surface area contributed by atoms with Crippen molar-refractivity contribution >= 4 is 11.9 Å². The third-order valence-electron chi connectivity index (χ3n) is 4.48. The van der Waals surface area contributed by atoms with Crippen LogP contribution in [0.4, 0.5) is 0 Å². The summed E-state index contributed by atoms with van der Waals surface area (Å²) in [6, 6.07) is 0.218. The molecule has 0 radical (unpaired) electrons. The maximum Gasteiger partial charge on any atom is 0.339 e. The van der Waals surface area contributed by atoms with Crippen molar-refractivity contribution < 1.29 is 14.3 Å². The molecule has 2 N–H and O–H groups in total. The molecule has 1 amide bonds. The van der Waals surface area contributed by atoms with Crippen molar-refractivity contribution in [3.8, 4) is 0 Å². The first-order valence-corrected chi connectivity index (χ1v) is 7.54. The van der Waals surface area contributed by atoms with Crippen LogP contribution in [0, 0.1) is 19.8 Å². The molecule has 0 aromatic carbocycles. The summed E-state index contributed by atoms with van der Waals surface area (Å²) >= 11 is 0. The van der Waals surface area contributed by atoms with Crippen molar-refractivity contribution in [2.24, 2.45) is 5.92 Å². The highest BCUT2D eigenvalue weighted by atomic mass is 16.5. The van der Waals surface area contributed by atoms with E-state index in [9.17, 15) is 9.59 Å². The standard InChI is InChI=1S/C16H24N2O3/c1-9-7-5-6-8-12(9)18-15(19)14-10(2)13(11(3)17-14)16(20)21-4/h9,12,17H,5-8H2,1-4H3,(H,18,19)/t9-,12+/m1/s1. The molecule has 1 fully saturated rings. The minimum absolute atomic E-state index is 0.135. The van der Waals surface area contributed by atoms with Crippen LogP contribution in [0.5, 0.6) is 0 Å². The van der Waals surface area contributed by atoms with Crippen LogP contribution in [0.2, 0.25) is 0 Å². The zero-order valence-corrected chi connectivity index (χ0v) is 13.2. The van der Waals surface area contributed by atoms with E-state index >= 15 is 0 Å². The van der Waals surface area contributed by atoms with E-state index < -0.39 is 5.97 Å². The van der Waals surface area contributed by atoms with E-state index in [0.717, 1.165) is 19.3 Å². The van der Waals surface area contributed by atoms with Crippen molar-refractivity contribution in [2.45, 2.75) is 52.5 Å². The number of hydrogen-bond acceptors (Lipinski definition) is 3. The molecule has 116 valence electrons. The summed E-state index contributed by atoms with van der Waals surface area (Å²) in [4.78, 5) is 27.2. The van der Waals surface area contributed by atoms with E-state index in [1.165, 1.54) is 13.5 Å². The number of methoxy groups -OCH3 is 1. The fourth-order valence-electron chi connectivity index (χ4n) is 3.16. The van der Waals surface area contributed by atoms with Crippen LogP contribution in [0.25, 0.3) is 0 Å². The molecule has 0 saturated heterocycles. The fourth-order valence-corrected chi connectivity index (χ4v) is 3.16. The molecular weight excluding hydrogens is 268 g/mol. The number of amides is 1. The maximum absolute atomic E-state index is 12.5. The Kier molecular flexibility index (Phi) is 4.70. The van der Waals surface area contributed by atoms with Gasteiger partial charge in [0.2, 0.25) is 0 Å². The van der Waals surface area contributed by atoms with Crippen LogP contribution in [-0.2, 0) is 4.74 Å². The van der Waals surface area contributed by atoms with Crippen LogP contribution in [0.3, 0.4) is 0 Å². The van der Waals surface area contributed by atoms with E-state index in [0.29, 0.717) is 28.4 Å². The number of rotatable bonds is 3. The minimum Gasteiger partial charge on any atom is -0.465 e. The first-order valence-electron chi connectivity index (χ1n) is 7.54. The van der Waals surface area contributed by atoms with Gasteiger partial charge >= 0.3 is 5.97 Å². The Morgan fingerprint density at radius 1 is 1.24 bits per heavy atom. The summed E-state index contributed by atoms with van der Waals surface area (Å²) in [5, 5.41) is 3.10. The second kappa shape index (κ2) is 6.33. The van der Waals surface area contributed by atoms with Crippen LogP contribution >= 0.6 is 0 Å². The largest absolute Gasteiger partial charge is 0.465 e. The Balaban J connectivity index is 2.18. The van der Waals surface area contributed by atoms with E-state index in [1.54, 1.807) is 13.8 Å². The van der Waals surface area contributed by atoms with Crippen molar-refractivity contribution in [3.05, 3.63) is 22.5 Å². The SMILES string of the molecule is COC(=O)c1c(C)[nH]c(C(=O)N[C@H]2CCCC[C@H]2C)c1C. The number of aromatic nitrogens is 1. The van der Waals surface area contributed by atoms with Crippen LogP contribution in [0.1, 0.15) is 64.7 Å². The Morgan fingerprint density at radius 2 is 1.90 bits per heavy atom. The lowest BCUT2D eigenvalue weighted by atomic mass is 9.86. The normalized spacial score (nSPS) is 21.9. The molecule has 1 aromatic rings. The van der Waals surface area contributed by atoms with Gasteiger partial charge in [0.1, 0.15) is 5.69 Å². The molecule has 0 unspecified atom stereocenters. The molecule has 2 rings (SSSR count). The van der Waals surface area contributed by atoms with Gasteiger partial charge in [-0.3, -0.25) is 4.79 Å². The molecule has 1 aliphatic carbocycles. The molecule has 5 heteroatoms. The smallest absolute Gasteiger partial charge is 0.339 e. The molecule has 2 atom stereocenters. The first kappa shape index (κ1) is 15.6. The molecule has 1 aromatic heterocycles. The summed E-state index contributed by atoms with van der Waals surface area (Å²) in [6.45, 7) is 5.73. The number of aryl methyl sites for hydroxylation is 1. The highest BCUT2D eigenvalue weighted by Crippen LogP contribution is 2.25. The second-order valence-corrected chi connectivity index (χ2v) is 5.96. The molecule has 1 saturated carbocycles. The Labute approximate surface area is 125 Å². The molecule has 0 bridgehead atoms.